The molecule has 1 fully saturated rings. The van der Waals surface area contributed by atoms with Crippen LogP contribution in [-0.2, 0) is 24.2 Å². The maximum Gasteiger partial charge on any atom is 0.311 e. The number of sulfone groups is 1. The Kier molecular flexibility index (Phi) is 12.2. The van der Waals surface area contributed by atoms with E-state index < -0.39 is 40.0 Å². The Hall–Kier alpha value is -2.70. The number of thioether (sulfide) groups is 1. The molecule has 0 aromatic heterocycles. The average Bonchev–Trinajstić information content (AvgIpc) is 3.19. The summed E-state index contributed by atoms with van der Waals surface area (Å²) in [5.41, 5.74) is 0. The number of carbonyl (C=O) groups is 2. The summed E-state index contributed by atoms with van der Waals surface area (Å²) in [5, 5.41) is 20.6. The van der Waals surface area contributed by atoms with Crippen LogP contribution in [0, 0.1) is 5.92 Å². The van der Waals surface area contributed by atoms with Gasteiger partial charge in [-0.15, -0.1) is 11.8 Å². The van der Waals surface area contributed by atoms with Gasteiger partial charge in [-0.25, -0.2) is 8.42 Å². The van der Waals surface area contributed by atoms with E-state index in [1.54, 1.807) is 11.8 Å². The number of allylic oxidation sites excluding steroid dienone is 2. The van der Waals surface area contributed by atoms with Gasteiger partial charge in [-0.2, -0.15) is 0 Å². The van der Waals surface area contributed by atoms with Crippen LogP contribution >= 0.6 is 11.8 Å². The topological polar surface area (TPSA) is 136 Å². The second kappa shape index (κ2) is 15.3. The molecule has 2 aromatic rings. The first kappa shape index (κ1) is 31.8. The number of aliphatic hydroxyl groups is 2. The number of ether oxygens (including phenoxy) is 3. The fraction of sp³-hybridized carbons (Fsp3) is 0.448. The first-order valence-corrected chi connectivity index (χ1v) is 16.1. The van der Waals surface area contributed by atoms with Crippen molar-refractivity contribution in [1.82, 2.24) is 0 Å². The van der Waals surface area contributed by atoms with E-state index >= 15 is 0 Å². The SMILES string of the molecule is CSc1ccc(OCC(O)CO[C@H]2[C@H](O)CC(=O)[C@@H]2CC=CCCCC(=O)Oc2ccc(S(C)(=O)=O)cc2)cc1. The van der Waals surface area contributed by atoms with E-state index in [0.717, 1.165) is 11.2 Å². The zero-order valence-corrected chi connectivity index (χ0v) is 24.2. The molecule has 9 nitrogen and oxygen atoms in total. The van der Waals surface area contributed by atoms with Gasteiger partial charge in [0.25, 0.3) is 0 Å². The Morgan fingerprint density at radius 3 is 2.40 bits per heavy atom. The van der Waals surface area contributed by atoms with E-state index in [4.69, 9.17) is 14.2 Å². The van der Waals surface area contributed by atoms with E-state index in [1.807, 2.05) is 42.7 Å². The van der Waals surface area contributed by atoms with Crippen molar-refractivity contribution in [2.24, 2.45) is 5.92 Å². The van der Waals surface area contributed by atoms with Crippen LogP contribution in [0.15, 0.2) is 70.5 Å². The maximum atomic E-state index is 12.4. The van der Waals surface area contributed by atoms with Crippen LogP contribution in [0.4, 0.5) is 0 Å². The number of benzene rings is 2. The standard InChI is InChI=1S/C29H36O9S2/c1-39-23-13-9-21(10-14-23)36-18-20(30)19-37-29-25(26(31)17-27(29)32)7-5-3-4-6-8-28(33)38-22-11-15-24(16-12-22)40(2,34)35/h3,5,9-16,20,25,27,29-30,32H,4,6-8,17-19H2,1-2H3/t20?,25-,27+,29+/m0/s1. The van der Waals surface area contributed by atoms with Crippen molar-refractivity contribution in [3.8, 4) is 11.5 Å². The second-order valence-electron chi connectivity index (χ2n) is 9.60. The molecule has 1 aliphatic carbocycles. The average molecular weight is 593 g/mol. The molecular weight excluding hydrogens is 556 g/mol. The number of ketones is 1. The fourth-order valence-corrected chi connectivity index (χ4v) is 5.25. The molecule has 0 heterocycles. The Labute approximate surface area is 239 Å². The predicted octanol–water partition coefficient (Wildman–Crippen LogP) is 3.61. The molecule has 0 amide bonds. The highest BCUT2D eigenvalue weighted by Gasteiger charge is 2.41. The van der Waals surface area contributed by atoms with Crippen LogP contribution < -0.4 is 9.47 Å². The van der Waals surface area contributed by atoms with Crippen molar-refractivity contribution in [2.75, 3.05) is 25.7 Å². The smallest absolute Gasteiger partial charge is 0.311 e. The van der Waals surface area contributed by atoms with Crippen molar-refractivity contribution in [1.29, 1.82) is 0 Å². The quantitative estimate of drug-likeness (QED) is 0.104. The summed E-state index contributed by atoms with van der Waals surface area (Å²) in [5.74, 6) is -0.126. The van der Waals surface area contributed by atoms with E-state index in [-0.39, 0.29) is 42.5 Å². The molecule has 0 bridgehead atoms. The molecule has 1 aliphatic rings. The lowest BCUT2D eigenvalue weighted by atomic mass is 9.99. The van der Waals surface area contributed by atoms with E-state index in [1.165, 1.54) is 24.3 Å². The van der Waals surface area contributed by atoms with Gasteiger partial charge >= 0.3 is 5.97 Å². The summed E-state index contributed by atoms with van der Waals surface area (Å²) in [7, 11) is -3.32. The van der Waals surface area contributed by atoms with E-state index in [2.05, 4.69) is 0 Å². The number of rotatable bonds is 15. The summed E-state index contributed by atoms with van der Waals surface area (Å²) < 4.78 is 39.6. The van der Waals surface area contributed by atoms with Crippen molar-refractivity contribution < 1.29 is 42.4 Å². The van der Waals surface area contributed by atoms with Crippen molar-refractivity contribution in [2.45, 2.75) is 60.2 Å². The lowest BCUT2D eigenvalue weighted by Gasteiger charge is -2.22. The minimum absolute atomic E-state index is 0.00850. The zero-order chi connectivity index (χ0) is 29.1. The Morgan fingerprint density at radius 2 is 1.75 bits per heavy atom. The van der Waals surface area contributed by atoms with Crippen LogP contribution in [0.5, 0.6) is 11.5 Å². The third-order valence-corrected chi connectivity index (χ3v) is 8.25. The van der Waals surface area contributed by atoms with Gasteiger partial charge in [-0.1, -0.05) is 12.2 Å². The highest BCUT2D eigenvalue weighted by Crippen LogP contribution is 2.29. The van der Waals surface area contributed by atoms with Gasteiger partial charge in [0, 0.05) is 29.9 Å². The number of aliphatic hydroxyl groups excluding tert-OH is 2. The molecule has 40 heavy (non-hydrogen) atoms. The van der Waals surface area contributed by atoms with Crippen molar-refractivity contribution in [3.63, 3.8) is 0 Å². The monoisotopic (exact) mass is 592 g/mol. The van der Waals surface area contributed by atoms with Crippen molar-refractivity contribution >= 4 is 33.4 Å². The van der Waals surface area contributed by atoms with E-state index in [0.29, 0.717) is 25.0 Å². The van der Waals surface area contributed by atoms with Gasteiger partial charge in [0.15, 0.2) is 9.84 Å². The summed E-state index contributed by atoms with van der Waals surface area (Å²) in [6, 6.07) is 13.2. The molecule has 4 atom stereocenters. The third kappa shape index (κ3) is 10.0. The molecular formula is C29H36O9S2. The fourth-order valence-electron chi connectivity index (χ4n) is 4.21. The highest BCUT2D eigenvalue weighted by molar-refractivity contribution is 7.98. The summed E-state index contributed by atoms with van der Waals surface area (Å²) in [4.78, 5) is 25.7. The largest absolute Gasteiger partial charge is 0.491 e. The van der Waals surface area contributed by atoms with Gasteiger partial charge < -0.3 is 24.4 Å². The summed E-state index contributed by atoms with van der Waals surface area (Å²) in [6.45, 7) is -0.0500. The molecule has 1 unspecified atom stereocenters. The number of hydrogen-bond acceptors (Lipinski definition) is 10. The first-order valence-electron chi connectivity index (χ1n) is 13.0. The number of unbranched alkanes of at least 4 members (excludes halogenated alkanes) is 1. The lowest BCUT2D eigenvalue weighted by Crippen LogP contribution is -2.34. The molecule has 3 rings (SSSR count). The lowest BCUT2D eigenvalue weighted by molar-refractivity contribution is -0.134. The van der Waals surface area contributed by atoms with Gasteiger partial charge in [-0.05, 0) is 74.0 Å². The van der Waals surface area contributed by atoms with E-state index in [9.17, 15) is 28.2 Å². The second-order valence-corrected chi connectivity index (χ2v) is 12.5. The minimum atomic E-state index is -3.32. The number of Topliss-reactive ketones (excluding diaryl/α,β-unsaturated/α-hetero) is 1. The Bertz CT molecular complexity index is 1240. The molecule has 218 valence electrons. The highest BCUT2D eigenvalue weighted by atomic mass is 32.2. The number of carbonyl (C=O) groups excluding carboxylic acids is 2. The number of hydrogen-bond donors (Lipinski definition) is 2. The van der Waals surface area contributed by atoms with Crippen LogP contribution in [0.1, 0.15) is 32.1 Å². The molecule has 1 saturated carbocycles. The normalized spacial score (nSPS) is 20.1. The van der Waals surface area contributed by atoms with Crippen LogP contribution in [0.3, 0.4) is 0 Å². The first-order chi connectivity index (χ1) is 19.1. The molecule has 0 radical (unpaired) electrons. The van der Waals surface area contributed by atoms with Crippen LogP contribution in [0.25, 0.3) is 0 Å². The number of esters is 1. The van der Waals surface area contributed by atoms with Crippen LogP contribution in [-0.4, -0.2) is 74.4 Å². The van der Waals surface area contributed by atoms with Crippen LogP contribution in [0.2, 0.25) is 0 Å². The van der Waals surface area contributed by atoms with Crippen molar-refractivity contribution in [3.05, 3.63) is 60.7 Å². The van der Waals surface area contributed by atoms with Gasteiger partial charge in [0.2, 0.25) is 0 Å². The Morgan fingerprint density at radius 1 is 1.07 bits per heavy atom. The summed E-state index contributed by atoms with van der Waals surface area (Å²) >= 11 is 1.62. The zero-order valence-electron chi connectivity index (χ0n) is 22.6. The van der Waals surface area contributed by atoms with Gasteiger partial charge in [0.1, 0.15) is 30.0 Å². The molecule has 0 saturated heterocycles. The molecule has 0 spiro atoms. The minimum Gasteiger partial charge on any atom is -0.491 e. The molecule has 11 heteroatoms. The molecule has 0 aliphatic heterocycles. The Balaban J connectivity index is 1.36. The van der Waals surface area contributed by atoms with Gasteiger partial charge in [0.05, 0.1) is 23.7 Å². The predicted molar refractivity (Wildman–Crippen MR) is 151 cm³/mol. The summed E-state index contributed by atoms with van der Waals surface area (Å²) in [6.07, 6.45) is 5.92. The maximum absolute atomic E-state index is 12.4. The molecule has 2 N–H and O–H groups in total. The van der Waals surface area contributed by atoms with Gasteiger partial charge in [-0.3, -0.25) is 9.59 Å². The molecule has 2 aromatic carbocycles. The third-order valence-electron chi connectivity index (χ3n) is 6.37.